The largest absolute Gasteiger partial charge is 0.416 e. The number of carbonyl (C=O) groups excluding carboxylic acids is 2. The van der Waals surface area contributed by atoms with Gasteiger partial charge in [-0.1, -0.05) is 104 Å². The molecular formula is C38H40F3N3O4S. The number of hydrogen-bond donors (Lipinski definition) is 1. The molecular weight excluding hydrogens is 651 g/mol. The first-order chi connectivity index (χ1) is 23.4. The Morgan fingerprint density at radius 3 is 2.04 bits per heavy atom. The Kier molecular flexibility index (Phi) is 11.4. The lowest BCUT2D eigenvalue weighted by Crippen LogP contribution is -2.55. The zero-order valence-electron chi connectivity index (χ0n) is 27.3. The molecule has 0 aromatic heterocycles. The van der Waals surface area contributed by atoms with E-state index < -0.39 is 40.3 Å². The molecule has 7 nitrogen and oxygen atoms in total. The van der Waals surface area contributed by atoms with Crippen molar-refractivity contribution in [2.75, 3.05) is 10.8 Å². The molecule has 4 aromatic carbocycles. The highest BCUT2D eigenvalue weighted by atomic mass is 32.2. The third-order valence-electron chi connectivity index (χ3n) is 8.77. The first kappa shape index (κ1) is 35.7. The predicted molar refractivity (Wildman–Crippen MR) is 183 cm³/mol. The van der Waals surface area contributed by atoms with E-state index in [1.165, 1.54) is 23.1 Å². The molecule has 1 fully saturated rings. The number of aryl methyl sites for hydroxylation is 1. The van der Waals surface area contributed by atoms with Gasteiger partial charge < -0.3 is 10.2 Å². The molecule has 258 valence electrons. The molecule has 49 heavy (non-hydrogen) atoms. The molecule has 0 heterocycles. The molecule has 2 amide bonds. The third-order valence-corrected chi connectivity index (χ3v) is 10.6. The van der Waals surface area contributed by atoms with E-state index in [1.54, 1.807) is 43.3 Å². The Labute approximate surface area is 285 Å². The number of rotatable bonds is 12. The average Bonchev–Trinajstić information content (AvgIpc) is 3.09. The van der Waals surface area contributed by atoms with Gasteiger partial charge in [0, 0.05) is 19.0 Å². The van der Waals surface area contributed by atoms with Crippen LogP contribution < -0.4 is 9.62 Å². The van der Waals surface area contributed by atoms with Crippen molar-refractivity contribution in [3.05, 3.63) is 131 Å². The summed E-state index contributed by atoms with van der Waals surface area (Å²) in [6.45, 7) is 0.903. The summed E-state index contributed by atoms with van der Waals surface area (Å²) in [6, 6.07) is 26.9. The van der Waals surface area contributed by atoms with Crippen LogP contribution in [0, 0.1) is 6.92 Å². The van der Waals surface area contributed by atoms with E-state index in [4.69, 9.17) is 0 Å². The van der Waals surface area contributed by atoms with Crippen LogP contribution in [-0.2, 0) is 38.8 Å². The molecule has 1 aliphatic rings. The number of benzene rings is 4. The molecule has 0 bridgehead atoms. The molecule has 1 atom stereocenters. The van der Waals surface area contributed by atoms with Gasteiger partial charge in [-0.2, -0.15) is 13.2 Å². The summed E-state index contributed by atoms with van der Waals surface area (Å²) >= 11 is 0. The molecule has 1 N–H and O–H groups in total. The zero-order chi connectivity index (χ0) is 35.0. The lowest BCUT2D eigenvalue weighted by atomic mass is 9.94. The Morgan fingerprint density at radius 2 is 1.43 bits per heavy atom. The number of halogens is 3. The number of amides is 2. The second kappa shape index (κ2) is 15.7. The van der Waals surface area contributed by atoms with Crippen molar-refractivity contribution in [2.45, 2.75) is 75.1 Å². The van der Waals surface area contributed by atoms with E-state index in [0.29, 0.717) is 9.87 Å². The topological polar surface area (TPSA) is 86.8 Å². The van der Waals surface area contributed by atoms with Crippen molar-refractivity contribution in [2.24, 2.45) is 0 Å². The summed E-state index contributed by atoms with van der Waals surface area (Å²) in [5.74, 6) is -1.11. The Morgan fingerprint density at radius 1 is 0.816 bits per heavy atom. The zero-order valence-corrected chi connectivity index (χ0v) is 28.1. The van der Waals surface area contributed by atoms with Gasteiger partial charge in [0.2, 0.25) is 11.8 Å². The molecule has 0 spiro atoms. The molecule has 0 aliphatic heterocycles. The number of nitrogens with one attached hydrogen (secondary N) is 1. The van der Waals surface area contributed by atoms with Gasteiger partial charge in [-0.05, 0) is 61.2 Å². The standard InChI is InChI=1S/C38H40F3N3O4S/c1-28-20-22-34(23-21-28)49(47,48)44(33-19-11-16-31(25-33)38(39,40)41)27-36(45)43(26-30-14-7-3-8-15-30)35(24-29-12-5-2-6-13-29)37(46)42-32-17-9-4-10-18-32/h2-3,5-8,11-16,19-23,25,32,35H,4,9-10,17-18,24,26-27H2,1H3,(H,42,46)/t35-/m1/s1. The summed E-state index contributed by atoms with van der Waals surface area (Å²) in [4.78, 5) is 29.9. The van der Waals surface area contributed by atoms with Crippen molar-refractivity contribution in [3.63, 3.8) is 0 Å². The van der Waals surface area contributed by atoms with E-state index in [9.17, 15) is 31.2 Å². The number of nitrogens with zero attached hydrogens (tertiary/aromatic N) is 2. The lowest BCUT2D eigenvalue weighted by Gasteiger charge is -2.35. The monoisotopic (exact) mass is 691 g/mol. The number of carbonyl (C=O) groups is 2. The van der Waals surface area contributed by atoms with Crippen molar-refractivity contribution in [1.29, 1.82) is 0 Å². The number of hydrogen-bond acceptors (Lipinski definition) is 4. The summed E-state index contributed by atoms with van der Waals surface area (Å²) in [7, 11) is -4.54. The second-order valence-electron chi connectivity index (χ2n) is 12.4. The lowest BCUT2D eigenvalue weighted by molar-refractivity contribution is -0.140. The van der Waals surface area contributed by atoms with E-state index in [0.717, 1.165) is 61.4 Å². The van der Waals surface area contributed by atoms with Crippen LogP contribution in [0.5, 0.6) is 0 Å². The van der Waals surface area contributed by atoms with Crippen molar-refractivity contribution in [1.82, 2.24) is 10.2 Å². The van der Waals surface area contributed by atoms with Crippen LogP contribution in [0.25, 0.3) is 0 Å². The quantitative estimate of drug-likeness (QED) is 0.169. The minimum atomic E-state index is -4.75. The van der Waals surface area contributed by atoms with Crippen LogP contribution in [0.3, 0.4) is 0 Å². The van der Waals surface area contributed by atoms with Crippen LogP contribution >= 0.6 is 0 Å². The van der Waals surface area contributed by atoms with Crippen molar-refractivity contribution >= 4 is 27.5 Å². The van der Waals surface area contributed by atoms with E-state index in [2.05, 4.69) is 5.32 Å². The first-order valence-corrected chi connectivity index (χ1v) is 17.8. The number of anilines is 1. The fraction of sp³-hybridized carbons (Fsp3) is 0.316. The molecule has 0 saturated heterocycles. The van der Waals surface area contributed by atoms with Gasteiger partial charge in [0.05, 0.1) is 16.1 Å². The molecule has 4 aromatic rings. The molecule has 1 aliphatic carbocycles. The fourth-order valence-electron chi connectivity index (χ4n) is 6.08. The summed E-state index contributed by atoms with van der Waals surface area (Å²) in [6.07, 6.45) is 0.0544. The van der Waals surface area contributed by atoms with E-state index in [1.807, 2.05) is 36.4 Å². The normalized spacial score (nSPS) is 14.5. The molecule has 5 rings (SSSR count). The summed E-state index contributed by atoms with van der Waals surface area (Å²) in [5, 5.41) is 3.14. The van der Waals surface area contributed by atoms with Gasteiger partial charge in [-0.25, -0.2) is 8.42 Å². The van der Waals surface area contributed by atoms with Crippen LogP contribution in [-0.4, -0.2) is 43.8 Å². The highest BCUT2D eigenvalue weighted by molar-refractivity contribution is 7.92. The van der Waals surface area contributed by atoms with E-state index >= 15 is 0 Å². The Hall–Kier alpha value is -4.64. The maximum absolute atomic E-state index is 14.6. The maximum atomic E-state index is 14.6. The Bertz CT molecular complexity index is 1810. The maximum Gasteiger partial charge on any atom is 0.416 e. The van der Waals surface area contributed by atoms with Gasteiger partial charge in [0.15, 0.2) is 0 Å². The van der Waals surface area contributed by atoms with Crippen LogP contribution in [0.2, 0.25) is 0 Å². The minimum Gasteiger partial charge on any atom is -0.352 e. The van der Waals surface area contributed by atoms with Crippen LogP contribution in [0.1, 0.15) is 54.4 Å². The second-order valence-corrected chi connectivity index (χ2v) is 14.3. The highest BCUT2D eigenvalue weighted by Crippen LogP contribution is 2.33. The van der Waals surface area contributed by atoms with Gasteiger partial charge >= 0.3 is 6.18 Å². The first-order valence-electron chi connectivity index (χ1n) is 16.4. The SMILES string of the molecule is Cc1ccc(S(=O)(=O)N(CC(=O)N(Cc2ccccc2)[C@H](Cc2ccccc2)C(=O)NC2CCCCC2)c2cccc(C(F)(F)F)c2)cc1. The summed E-state index contributed by atoms with van der Waals surface area (Å²) in [5.41, 5.74) is 0.888. The average molecular weight is 692 g/mol. The molecule has 1 saturated carbocycles. The van der Waals surface area contributed by atoms with Gasteiger partial charge in [-0.15, -0.1) is 0 Å². The van der Waals surface area contributed by atoms with Gasteiger partial charge in [0.25, 0.3) is 10.0 Å². The van der Waals surface area contributed by atoms with E-state index in [-0.39, 0.29) is 35.5 Å². The van der Waals surface area contributed by atoms with Gasteiger partial charge in [-0.3, -0.25) is 13.9 Å². The fourth-order valence-corrected chi connectivity index (χ4v) is 7.49. The molecule has 0 unspecified atom stereocenters. The van der Waals surface area contributed by atoms with Crippen molar-refractivity contribution < 1.29 is 31.2 Å². The molecule has 11 heteroatoms. The molecule has 0 radical (unpaired) electrons. The number of alkyl halides is 3. The van der Waals surface area contributed by atoms with Crippen LogP contribution in [0.4, 0.5) is 18.9 Å². The highest BCUT2D eigenvalue weighted by Gasteiger charge is 2.37. The minimum absolute atomic E-state index is 0.0315. The van der Waals surface area contributed by atoms with Crippen LogP contribution in [0.15, 0.2) is 114 Å². The Balaban J connectivity index is 1.58. The number of sulfonamides is 1. The third kappa shape index (κ3) is 9.29. The van der Waals surface area contributed by atoms with Crippen molar-refractivity contribution in [3.8, 4) is 0 Å². The van der Waals surface area contributed by atoms with Gasteiger partial charge in [0.1, 0.15) is 12.6 Å². The summed E-state index contributed by atoms with van der Waals surface area (Å²) < 4.78 is 70.6. The smallest absolute Gasteiger partial charge is 0.352 e. The predicted octanol–water partition coefficient (Wildman–Crippen LogP) is 7.30.